The summed E-state index contributed by atoms with van der Waals surface area (Å²) in [6, 6.07) is 17.4. The minimum atomic E-state index is -0.528. The number of rotatable bonds is 3. The van der Waals surface area contributed by atoms with Crippen molar-refractivity contribution in [1.29, 1.82) is 0 Å². The highest BCUT2D eigenvalue weighted by molar-refractivity contribution is 8.32. The molecule has 2 aromatic rings. The van der Waals surface area contributed by atoms with Gasteiger partial charge in [0.1, 0.15) is 0 Å². The van der Waals surface area contributed by atoms with Crippen LogP contribution in [-0.2, 0) is 6.42 Å². The summed E-state index contributed by atoms with van der Waals surface area (Å²) in [4.78, 5) is 0. The Balaban J connectivity index is 1.66. The van der Waals surface area contributed by atoms with Crippen LogP contribution in [0.5, 0.6) is 0 Å². The summed E-state index contributed by atoms with van der Waals surface area (Å²) in [6.07, 6.45) is 12.5. The summed E-state index contributed by atoms with van der Waals surface area (Å²) in [5, 5.41) is 0. The second-order valence-electron chi connectivity index (χ2n) is 7.03. The normalized spacial score (nSPS) is 16.6. The van der Waals surface area contributed by atoms with Crippen molar-refractivity contribution >= 4 is 16.1 Å². The van der Waals surface area contributed by atoms with Gasteiger partial charge in [-0.15, -0.1) is 0 Å². The standard InChI is InChI=1S/C22H24S/c1-23(2,3)16-6-7-18-10-12-19(13-11-18)17-21-15-14-20-8-4-5-9-22(20)21/h4-5,8-15,21H,16-17H2,1-3H3. The molecule has 23 heavy (non-hydrogen) atoms. The third-order valence-electron chi connectivity index (χ3n) is 4.05. The second kappa shape index (κ2) is 6.69. The fourth-order valence-electron chi connectivity index (χ4n) is 2.83. The Kier molecular flexibility index (Phi) is 4.64. The lowest BCUT2D eigenvalue weighted by Gasteiger charge is -2.20. The first-order valence-corrected chi connectivity index (χ1v) is 11.0. The zero-order valence-corrected chi connectivity index (χ0v) is 15.0. The van der Waals surface area contributed by atoms with Gasteiger partial charge in [-0.05, 0) is 54.0 Å². The van der Waals surface area contributed by atoms with E-state index in [1.54, 1.807) is 0 Å². The molecule has 0 fully saturated rings. The van der Waals surface area contributed by atoms with Crippen LogP contribution in [0.2, 0.25) is 0 Å². The van der Waals surface area contributed by atoms with Crippen molar-refractivity contribution in [3.05, 3.63) is 76.9 Å². The van der Waals surface area contributed by atoms with E-state index < -0.39 is 10.0 Å². The molecule has 0 radical (unpaired) electrons. The fraction of sp³-hybridized carbons (Fsp3) is 0.273. The van der Waals surface area contributed by atoms with Gasteiger partial charge < -0.3 is 0 Å². The average Bonchev–Trinajstić information content (AvgIpc) is 2.91. The quantitative estimate of drug-likeness (QED) is 0.691. The van der Waals surface area contributed by atoms with Crippen LogP contribution in [0.1, 0.15) is 28.2 Å². The van der Waals surface area contributed by atoms with Crippen LogP contribution >= 0.6 is 10.0 Å². The molecule has 118 valence electrons. The lowest BCUT2D eigenvalue weighted by molar-refractivity contribution is 0.850. The first-order valence-electron chi connectivity index (χ1n) is 8.02. The highest BCUT2D eigenvalue weighted by Crippen LogP contribution is 2.33. The first kappa shape index (κ1) is 16.0. The molecular weight excluding hydrogens is 296 g/mol. The van der Waals surface area contributed by atoms with E-state index in [9.17, 15) is 0 Å². The van der Waals surface area contributed by atoms with Crippen molar-refractivity contribution in [2.24, 2.45) is 0 Å². The van der Waals surface area contributed by atoms with E-state index in [-0.39, 0.29) is 0 Å². The molecule has 3 rings (SSSR count). The maximum atomic E-state index is 3.32. The number of allylic oxidation sites excluding steroid dienone is 1. The molecule has 1 aliphatic rings. The van der Waals surface area contributed by atoms with Crippen LogP contribution in [0, 0.1) is 11.8 Å². The fourth-order valence-corrected chi connectivity index (χ4v) is 3.34. The van der Waals surface area contributed by atoms with E-state index in [1.807, 2.05) is 0 Å². The van der Waals surface area contributed by atoms with Crippen molar-refractivity contribution in [1.82, 2.24) is 0 Å². The molecule has 0 N–H and O–H groups in total. The third-order valence-corrected chi connectivity index (χ3v) is 5.06. The molecule has 0 bridgehead atoms. The summed E-state index contributed by atoms with van der Waals surface area (Å²) in [7, 11) is -0.528. The summed E-state index contributed by atoms with van der Waals surface area (Å²) in [5.41, 5.74) is 5.32. The van der Waals surface area contributed by atoms with Crippen LogP contribution < -0.4 is 0 Å². The Morgan fingerprint density at radius 2 is 1.70 bits per heavy atom. The molecule has 0 amide bonds. The number of hydrogen-bond acceptors (Lipinski definition) is 0. The molecule has 0 heterocycles. The Morgan fingerprint density at radius 1 is 0.957 bits per heavy atom. The van der Waals surface area contributed by atoms with Crippen LogP contribution in [0.15, 0.2) is 54.6 Å². The van der Waals surface area contributed by atoms with Crippen LogP contribution in [0.25, 0.3) is 6.08 Å². The van der Waals surface area contributed by atoms with E-state index in [0.29, 0.717) is 5.92 Å². The Bertz CT molecular complexity index is 764. The molecule has 0 saturated heterocycles. The molecule has 0 aliphatic heterocycles. The predicted octanol–water partition coefficient (Wildman–Crippen LogP) is 5.09. The zero-order valence-electron chi connectivity index (χ0n) is 14.2. The molecule has 1 heteroatoms. The van der Waals surface area contributed by atoms with E-state index >= 15 is 0 Å². The molecule has 0 saturated carbocycles. The van der Waals surface area contributed by atoms with Crippen LogP contribution in [-0.4, -0.2) is 24.5 Å². The number of fused-ring (bicyclic) bond motifs is 1. The maximum Gasteiger partial charge on any atom is 0.0389 e. The highest BCUT2D eigenvalue weighted by Gasteiger charge is 2.16. The van der Waals surface area contributed by atoms with Crippen molar-refractivity contribution in [2.45, 2.75) is 12.3 Å². The van der Waals surface area contributed by atoms with Gasteiger partial charge in [0, 0.05) is 17.2 Å². The summed E-state index contributed by atoms with van der Waals surface area (Å²) >= 11 is 0. The van der Waals surface area contributed by atoms with Crippen molar-refractivity contribution in [2.75, 3.05) is 24.5 Å². The third kappa shape index (κ3) is 4.30. The molecule has 1 atom stereocenters. The molecule has 0 aromatic heterocycles. The lowest BCUT2D eigenvalue weighted by Crippen LogP contribution is -1.98. The minimum absolute atomic E-state index is 0.507. The summed E-state index contributed by atoms with van der Waals surface area (Å²) in [5.74, 6) is 8.14. The molecular formula is C22H24S. The second-order valence-corrected chi connectivity index (χ2v) is 11.5. The van der Waals surface area contributed by atoms with E-state index in [2.05, 4.69) is 91.3 Å². The average molecular weight is 321 g/mol. The van der Waals surface area contributed by atoms with Gasteiger partial charge in [0.05, 0.1) is 0 Å². The van der Waals surface area contributed by atoms with Crippen molar-refractivity contribution in [3.8, 4) is 11.8 Å². The van der Waals surface area contributed by atoms with E-state index in [4.69, 9.17) is 0 Å². The summed E-state index contributed by atoms with van der Waals surface area (Å²) in [6.45, 7) is 0. The van der Waals surface area contributed by atoms with Gasteiger partial charge in [0.15, 0.2) is 0 Å². The van der Waals surface area contributed by atoms with Crippen molar-refractivity contribution < 1.29 is 0 Å². The largest absolute Gasteiger partial charge is 0.239 e. The van der Waals surface area contributed by atoms with Crippen LogP contribution in [0.4, 0.5) is 0 Å². The summed E-state index contributed by atoms with van der Waals surface area (Å²) < 4.78 is 0. The smallest absolute Gasteiger partial charge is 0.0389 e. The molecule has 0 nitrogen and oxygen atoms in total. The highest BCUT2D eigenvalue weighted by atomic mass is 32.3. The molecule has 1 unspecified atom stereocenters. The van der Waals surface area contributed by atoms with Gasteiger partial charge in [-0.3, -0.25) is 0 Å². The van der Waals surface area contributed by atoms with Gasteiger partial charge in [-0.25, -0.2) is 10.0 Å². The number of benzene rings is 2. The Morgan fingerprint density at radius 3 is 2.43 bits per heavy atom. The van der Waals surface area contributed by atoms with Gasteiger partial charge >= 0.3 is 0 Å². The first-order chi connectivity index (χ1) is 11.0. The molecule has 2 aromatic carbocycles. The van der Waals surface area contributed by atoms with E-state index in [1.165, 1.54) is 16.7 Å². The van der Waals surface area contributed by atoms with Gasteiger partial charge in [0.2, 0.25) is 0 Å². The molecule has 0 spiro atoms. The topological polar surface area (TPSA) is 0 Å². The Labute approximate surface area is 142 Å². The minimum Gasteiger partial charge on any atom is -0.239 e. The van der Waals surface area contributed by atoms with Crippen LogP contribution in [0.3, 0.4) is 0 Å². The van der Waals surface area contributed by atoms with Gasteiger partial charge in [-0.1, -0.05) is 60.4 Å². The number of hydrogen-bond donors (Lipinski definition) is 0. The predicted molar refractivity (Wildman–Crippen MR) is 105 cm³/mol. The maximum absolute atomic E-state index is 3.32. The molecule has 1 aliphatic carbocycles. The van der Waals surface area contributed by atoms with Gasteiger partial charge in [0.25, 0.3) is 0 Å². The van der Waals surface area contributed by atoms with E-state index in [0.717, 1.165) is 17.7 Å². The van der Waals surface area contributed by atoms with Crippen molar-refractivity contribution in [3.63, 3.8) is 0 Å². The Hall–Kier alpha value is -1.91. The SMILES string of the molecule is CS(C)(C)CC#Cc1ccc(CC2C=Cc3ccccc32)cc1. The zero-order chi connectivity index (χ0) is 16.3. The lowest BCUT2D eigenvalue weighted by atomic mass is 9.93. The monoisotopic (exact) mass is 320 g/mol. The van der Waals surface area contributed by atoms with Gasteiger partial charge in [-0.2, -0.15) is 0 Å².